The van der Waals surface area contributed by atoms with Crippen molar-refractivity contribution in [3.05, 3.63) is 28.8 Å². The van der Waals surface area contributed by atoms with Gasteiger partial charge in [-0.25, -0.2) is 0 Å². The van der Waals surface area contributed by atoms with Crippen LogP contribution in [0.2, 0.25) is 5.02 Å². The van der Waals surface area contributed by atoms with E-state index in [0.29, 0.717) is 16.3 Å². The Labute approximate surface area is 106 Å². The van der Waals surface area contributed by atoms with E-state index >= 15 is 0 Å². The third kappa shape index (κ3) is 4.10. The zero-order chi connectivity index (χ0) is 12.8. The first-order valence-corrected chi connectivity index (χ1v) is 5.62. The third-order valence-corrected chi connectivity index (χ3v) is 2.39. The summed E-state index contributed by atoms with van der Waals surface area (Å²) in [4.78, 5) is 11.5. The minimum Gasteiger partial charge on any atom is -0.384 e. The van der Waals surface area contributed by atoms with Gasteiger partial charge in [-0.1, -0.05) is 37.3 Å². The number of rotatable bonds is 2. The monoisotopic (exact) mass is 251 g/mol. The molecule has 0 saturated heterocycles. The molecule has 1 aromatic carbocycles. The highest BCUT2D eigenvalue weighted by Gasteiger charge is 2.09. The van der Waals surface area contributed by atoms with E-state index in [9.17, 15) is 4.79 Å². The Morgan fingerprint density at radius 1 is 1.53 bits per heavy atom. The molecule has 0 atom stereocenters. The molecule has 90 valence electrons. The van der Waals surface area contributed by atoms with Gasteiger partial charge in [0, 0.05) is 11.5 Å². The first-order chi connectivity index (χ1) is 8.04. The summed E-state index contributed by atoms with van der Waals surface area (Å²) in [5.41, 5.74) is 1.23. The van der Waals surface area contributed by atoms with Crippen LogP contribution in [-0.4, -0.2) is 17.6 Å². The lowest BCUT2D eigenvalue weighted by molar-refractivity contribution is -0.118. The van der Waals surface area contributed by atoms with Crippen molar-refractivity contribution in [2.45, 2.75) is 13.8 Å². The topological polar surface area (TPSA) is 49.3 Å². The van der Waals surface area contributed by atoms with E-state index in [0.717, 1.165) is 0 Å². The second-order valence-electron chi connectivity index (χ2n) is 3.80. The van der Waals surface area contributed by atoms with Crippen LogP contribution < -0.4 is 5.32 Å². The molecule has 3 nitrogen and oxygen atoms in total. The second-order valence-corrected chi connectivity index (χ2v) is 4.21. The Balaban J connectivity index is 2.94. The zero-order valence-electron chi connectivity index (χ0n) is 9.75. The molecule has 2 N–H and O–H groups in total. The predicted octanol–water partition coefficient (Wildman–Crippen LogP) is 2.28. The molecule has 0 saturated carbocycles. The Morgan fingerprint density at radius 2 is 2.24 bits per heavy atom. The maximum absolute atomic E-state index is 11.5. The van der Waals surface area contributed by atoms with Gasteiger partial charge < -0.3 is 10.4 Å². The van der Waals surface area contributed by atoms with Crippen LogP contribution in [0.4, 0.5) is 5.69 Å². The molecule has 0 unspecified atom stereocenters. The summed E-state index contributed by atoms with van der Waals surface area (Å²) >= 11 is 5.97. The fourth-order valence-corrected chi connectivity index (χ4v) is 1.28. The van der Waals surface area contributed by atoms with Gasteiger partial charge in [-0.2, -0.15) is 0 Å². The van der Waals surface area contributed by atoms with Crippen LogP contribution in [0.1, 0.15) is 19.4 Å². The number of halogens is 1. The molecule has 0 aliphatic heterocycles. The van der Waals surface area contributed by atoms with Crippen LogP contribution in [0, 0.1) is 17.8 Å². The van der Waals surface area contributed by atoms with Crippen LogP contribution in [0.5, 0.6) is 0 Å². The maximum atomic E-state index is 11.5. The largest absolute Gasteiger partial charge is 0.384 e. The summed E-state index contributed by atoms with van der Waals surface area (Å²) in [6, 6.07) is 5.08. The Kier molecular flexibility index (Phi) is 5.02. The average molecular weight is 252 g/mol. The summed E-state index contributed by atoms with van der Waals surface area (Å²) in [6.45, 7) is 3.41. The molecule has 1 rings (SSSR count). The average Bonchev–Trinajstić information content (AvgIpc) is 2.29. The van der Waals surface area contributed by atoms with Gasteiger partial charge in [0.2, 0.25) is 5.91 Å². The van der Waals surface area contributed by atoms with Crippen molar-refractivity contribution in [1.29, 1.82) is 0 Å². The summed E-state index contributed by atoms with van der Waals surface area (Å²) in [7, 11) is 0. The summed E-state index contributed by atoms with van der Waals surface area (Å²) in [5.74, 6) is 5.08. The fraction of sp³-hybridized carbons (Fsp3) is 0.308. The van der Waals surface area contributed by atoms with E-state index in [-0.39, 0.29) is 18.4 Å². The van der Waals surface area contributed by atoms with E-state index in [1.165, 1.54) is 0 Å². The summed E-state index contributed by atoms with van der Waals surface area (Å²) in [6.07, 6.45) is 0. The van der Waals surface area contributed by atoms with Crippen molar-refractivity contribution >= 4 is 23.2 Å². The normalized spacial score (nSPS) is 9.71. The second kappa shape index (κ2) is 6.29. The SMILES string of the molecule is CC(C)C(=O)Nc1cc(C#CCO)ccc1Cl. The van der Waals surface area contributed by atoms with Crippen LogP contribution in [0.25, 0.3) is 0 Å². The first kappa shape index (κ1) is 13.6. The predicted molar refractivity (Wildman–Crippen MR) is 68.9 cm³/mol. The molecule has 1 amide bonds. The number of carbonyl (C=O) groups is 1. The molecular weight excluding hydrogens is 238 g/mol. The molecule has 0 heterocycles. The van der Waals surface area contributed by atoms with Gasteiger partial charge in [0.05, 0.1) is 10.7 Å². The molecule has 0 aliphatic carbocycles. The van der Waals surface area contributed by atoms with E-state index in [2.05, 4.69) is 17.2 Å². The highest BCUT2D eigenvalue weighted by molar-refractivity contribution is 6.33. The first-order valence-electron chi connectivity index (χ1n) is 5.24. The summed E-state index contributed by atoms with van der Waals surface area (Å²) < 4.78 is 0. The van der Waals surface area contributed by atoms with E-state index in [4.69, 9.17) is 16.7 Å². The number of carbonyl (C=O) groups excluding carboxylic acids is 1. The number of aliphatic hydroxyl groups excluding tert-OH is 1. The van der Waals surface area contributed by atoms with Crippen molar-refractivity contribution < 1.29 is 9.90 Å². The zero-order valence-corrected chi connectivity index (χ0v) is 10.5. The Bertz CT molecular complexity index is 472. The molecule has 0 spiro atoms. The van der Waals surface area contributed by atoms with Gasteiger partial charge in [0.25, 0.3) is 0 Å². The molecule has 0 fully saturated rings. The highest BCUT2D eigenvalue weighted by atomic mass is 35.5. The molecule has 17 heavy (non-hydrogen) atoms. The lowest BCUT2D eigenvalue weighted by atomic mass is 10.1. The lowest BCUT2D eigenvalue weighted by Gasteiger charge is -2.09. The number of benzene rings is 1. The highest BCUT2D eigenvalue weighted by Crippen LogP contribution is 2.23. The number of hydrogen-bond donors (Lipinski definition) is 2. The van der Waals surface area contributed by atoms with Gasteiger partial charge in [-0.05, 0) is 18.2 Å². The Morgan fingerprint density at radius 3 is 2.82 bits per heavy atom. The van der Waals surface area contributed by atoms with Gasteiger partial charge in [-0.3, -0.25) is 4.79 Å². The van der Waals surface area contributed by atoms with Gasteiger partial charge in [0.15, 0.2) is 0 Å². The quantitative estimate of drug-likeness (QED) is 0.793. The number of nitrogens with one attached hydrogen (secondary N) is 1. The number of hydrogen-bond acceptors (Lipinski definition) is 2. The van der Waals surface area contributed by atoms with Gasteiger partial charge in [0.1, 0.15) is 6.61 Å². The fourth-order valence-electron chi connectivity index (χ4n) is 1.12. The molecule has 4 heteroatoms. The van der Waals surface area contributed by atoms with Crippen LogP contribution in [0.15, 0.2) is 18.2 Å². The van der Waals surface area contributed by atoms with Crippen LogP contribution in [0.3, 0.4) is 0 Å². The maximum Gasteiger partial charge on any atom is 0.226 e. The minimum atomic E-state index is -0.198. The molecule has 1 aromatic rings. The van der Waals surface area contributed by atoms with E-state index in [1.807, 2.05) is 0 Å². The van der Waals surface area contributed by atoms with Crippen molar-refractivity contribution in [2.75, 3.05) is 11.9 Å². The minimum absolute atomic E-state index is 0.0980. The number of amides is 1. The number of aliphatic hydroxyl groups is 1. The Hall–Kier alpha value is -1.50. The van der Waals surface area contributed by atoms with Gasteiger partial charge in [-0.15, -0.1) is 0 Å². The number of anilines is 1. The molecule has 0 bridgehead atoms. The van der Waals surface area contributed by atoms with E-state index < -0.39 is 0 Å². The van der Waals surface area contributed by atoms with Crippen LogP contribution >= 0.6 is 11.6 Å². The van der Waals surface area contributed by atoms with Crippen molar-refractivity contribution in [3.8, 4) is 11.8 Å². The van der Waals surface area contributed by atoms with Crippen molar-refractivity contribution in [2.24, 2.45) is 5.92 Å². The molecular formula is C13H14ClNO2. The van der Waals surface area contributed by atoms with Crippen molar-refractivity contribution in [3.63, 3.8) is 0 Å². The lowest BCUT2D eigenvalue weighted by Crippen LogP contribution is -2.18. The smallest absolute Gasteiger partial charge is 0.226 e. The summed E-state index contributed by atoms with van der Waals surface area (Å²) in [5, 5.41) is 11.8. The molecule has 0 aliphatic rings. The standard InChI is InChI=1S/C13H14ClNO2/c1-9(2)13(17)15-12-8-10(4-3-7-16)5-6-11(12)14/h5-6,8-9,16H,7H2,1-2H3,(H,15,17). The van der Waals surface area contributed by atoms with E-state index in [1.54, 1.807) is 32.0 Å². The van der Waals surface area contributed by atoms with Crippen molar-refractivity contribution in [1.82, 2.24) is 0 Å². The third-order valence-electron chi connectivity index (χ3n) is 2.06. The molecule has 0 radical (unpaired) electrons. The van der Waals surface area contributed by atoms with Gasteiger partial charge >= 0.3 is 0 Å². The van der Waals surface area contributed by atoms with Crippen LogP contribution in [-0.2, 0) is 4.79 Å². The molecule has 0 aromatic heterocycles.